The number of ether oxygens (including phenoxy) is 1. The molecule has 20 heavy (non-hydrogen) atoms. The third kappa shape index (κ3) is 4.22. The lowest BCUT2D eigenvalue weighted by Crippen LogP contribution is -2.36. The van der Waals surface area contributed by atoms with Crippen LogP contribution in [0.25, 0.3) is 0 Å². The number of non-ortho nitro benzene ring substituents is 1. The Labute approximate surface area is 117 Å². The second kappa shape index (κ2) is 6.88. The Bertz CT molecular complexity index is 467. The van der Waals surface area contributed by atoms with Crippen molar-refractivity contribution in [1.29, 1.82) is 0 Å². The fourth-order valence-corrected chi connectivity index (χ4v) is 2.32. The average Bonchev–Trinajstić information content (AvgIpc) is 2.46. The highest BCUT2D eigenvalue weighted by molar-refractivity contribution is 5.67. The van der Waals surface area contributed by atoms with E-state index in [0.29, 0.717) is 0 Å². The van der Waals surface area contributed by atoms with Crippen molar-refractivity contribution in [2.24, 2.45) is 0 Å². The normalized spacial score (nSPS) is 15.6. The van der Waals surface area contributed by atoms with Gasteiger partial charge in [0, 0.05) is 18.2 Å². The zero-order valence-corrected chi connectivity index (χ0v) is 11.2. The molecule has 0 heterocycles. The number of benzene rings is 1. The summed E-state index contributed by atoms with van der Waals surface area (Å²) in [4.78, 5) is 21.7. The topological polar surface area (TPSA) is 81.5 Å². The zero-order valence-electron chi connectivity index (χ0n) is 11.2. The highest BCUT2D eigenvalue weighted by Crippen LogP contribution is 2.17. The van der Waals surface area contributed by atoms with Crippen LogP contribution in [-0.4, -0.2) is 17.1 Å². The highest BCUT2D eigenvalue weighted by atomic mass is 16.6. The Morgan fingerprint density at radius 1 is 1.25 bits per heavy atom. The predicted molar refractivity (Wildman–Crippen MR) is 73.3 cm³/mol. The van der Waals surface area contributed by atoms with Gasteiger partial charge in [-0.05, 0) is 30.5 Å². The fraction of sp³-hybridized carbons (Fsp3) is 0.500. The van der Waals surface area contributed by atoms with E-state index in [1.54, 1.807) is 12.1 Å². The van der Waals surface area contributed by atoms with Gasteiger partial charge in [-0.3, -0.25) is 10.1 Å². The van der Waals surface area contributed by atoms with E-state index in [9.17, 15) is 14.9 Å². The van der Waals surface area contributed by atoms with Crippen molar-refractivity contribution >= 4 is 11.8 Å². The van der Waals surface area contributed by atoms with E-state index in [1.807, 2.05) is 0 Å². The highest BCUT2D eigenvalue weighted by Gasteiger charge is 2.16. The van der Waals surface area contributed by atoms with Crippen LogP contribution >= 0.6 is 0 Å². The summed E-state index contributed by atoms with van der Waals surface area (Å²) in [6.45, 7) is 0.122. The number of nitro benzene ring substituents is 1. The molecule has 1 aromatic carbocycles. The molecule has 1 aliphatic rings. The first kappa shape index (κ1) is 14.3. The molecule has 0 saturated heterocycles. The number of amides is 1. The number of nitrogens with zero attached hydrogens (tertiary/aromatic N) is 1. The molecule has 0 spiro atoms. The minimum absolute atomic E-state index is 0.0282. The minimum atomic E-state index is -0.458. The van der Waals surface area contributed by atoms with E-state index in [0.717, 1.165) is 31.2 Å². The van der Waals surface area contributed by atoms with Gasteiger partial charge in [0.2, 0.25) is 0 Å². The third-order valence-electron chi connectivity index (χ3n) is 3.44. The van der Waals surface area contributed by atoms with Crippen LogP contribution in [0.1, 0.15) is 37.7 Å². The Kier molecular flexibility index (Phi) is 4.92. The Morgan fingerprint density at radius 3 is 2.50 bits per heavy atom. The molecular weight excluding hydrogens is 260 g/mol. The number of carbonyl (C=O) groups excluding carboxylic acids is 1. The lowest BCUT2D eigenvalue weighted by atomic mass is 9.96. The molecular formula is C14H18N2O4. The van der Waals surface area contributed by atoms with Crippen LogP contribution in [0.2, 0.25) is 0 Å². The SMILES string of the molecule is O=C(NC1CCCCC1)OCc1ccc([N+](=O)[O-])cc1. The maximum absolute atomic E-state index is 11.6. The van der Waals surface area contributed by atoms with E-state index in [-0.39, 0.29) is 18.3 Å². The first-order valence-electron chi connectivity index (χ1n) is 6.82. The van der Waals surface area contributed by atoms with Crippen molar-refractivity contribution in [2.45, 2.75) is 44.8 Å². The minimum Gasteiger partial charge on any atom is -0.445 e. The van der Waals surface area contributed by atoms with E-state index in [2.05, 4.69) is 5.32 Å². The molecule has 0 bridgehead atoms. The maximum Gasteiger partial charge on any atom is 0.407 e. The van der Waals surface area contributed by atoms with Crippen LogP contribution in [0.15, 0.2) is 24.3 Å². The molecule has 6 heteroatoms. The van der Waals surface area contributed by atoms with Gasteiger partial charge in [-0.2, -0.15) is 0 Å². The molecule has 0 unspecified atom stereocenters. The van der Waals surface area contributed by atoms with Gasteiger partial charge in [0.1, 0.15) is 6.61 Å². The Hall–Kier alpha value is -2.11. The summed E-state index contributed by atoms with van der Waals surface area (Å²) >= 11 is 0. The van der Waals surface area contributed by atoms with Crippen LogP contribution in [0, 0.1) is 10.1 Å². The van der Waals surface area contributed by atoms with Gasteiger partial charge >= 0.3 is 6.09 Å². The van der Waals surface area contributed by atoms with Gasteiger partial charge in [-0.1, -0.05) is 19.3 Å². The number of hydrogen-bond donors (Lipinski definition) is 1. The summed E-state index contributed by atoms with van der Waals surface area (Å²) in [7, 11) is 0. The first-order chi connectivity index (χ1) is 9.65. The van der Waals surface area contributed by atoms with Gasteiger partial charge < -0.3 is 10.1 Å². The Balaban J connectivity index is 1.76. The van der Waals surface area contributed by atoms with Crippen molar-refractivity contribution in [1.82, 2.24) is 5.32 Å². The molecule has 108 valence electrons. The van der Waals surface area contributed by atoms with Gasteiger partial charge in [-0.25, -0.2) is 4.79 Å². The second-order valence-corrected chi connectivity index (χ2v) is 4.98. The van der Waals surface area contributed by atoms with Crippen LogP contribution in [-0.2, 0) is 11.3 Å². The van der Waals surface area contributed by atoms with Crippen molar-refractivity contribution in [3.8, 4) is 0 Å². The smallest absolute Gasteiger partial charge is 0.407 e. The van der Waals surface area contributed by atoms with Crippen LogP contribution < -0.4 is 5.32 Å². The molecule has 0 aromatic heterocycles. The van der Waals surface area contributed by atoms with Gasteiger partial charge in [0.15, 0.2) is 0 Å². The van der Waals surface area contributed by atoms with E-state index < -0.39 is 11.0 Å². The predicted octanol–water partition coefficient (Wildman–Crippen LogP) is 3.15. The van der Waals surface area contributed by atoms with Crippen molar-refractivity contribution < 1.29 is 14.5 Å². The van der Waals surface area contributed by atoms with Gasteiger partial charge in [0.25, 0.3) is 5.69 Å². The number of nitro groups is 1. The lowest BCUT2D eigenvalue weighted by molar-refractivity contribution is -0.384. The molecule has 1 N–H and O–H groups in total. The molecule has 0 atom stereocenters. The molecule has 1 saturated carbocycles. The molecule has 1 aromatic rings. The Morgan fingerprint density at radius 2 is 1.90 bits per heavy atom. The monoisotopic (exact) mass is 278 g/mol. The van der Waals surface area contributed by atoms with Crippen molar-refractivity contribution in [3.05, 3.63) is 39.9 Å². The lowest BCUT2D eigenvalue weighted by Gasteiger charge is -2.22. The second-order valence-electron chi connectivity index (χ2n) is 4.98. The standard InChI is InChI=1S/C14H18N2O4/c17-14(15-12-4-2-1-3-5-12)20-10-11-6-8-13(9-7-11)16(18)19/h6-9,12H,1-5,10H2,(H,15,17). The quantitative estimate of drug-likeness (QED) is 0.677. The third-order valence-corrected chi connectivity index (χ3v) is 3.44. The molecule has 6 nitrogen and oxygen atoms in total. The van der Waals surface area contributed by atoms with E-state index in [1.165, 1.54) is 18.6 Å². The van der Waals surface area contributed by atoms with E-state index >= 15 is 0 Å². The number of hydrogen-bond acceptors (Lipinski definition) is 4. The molecule has 1 aliphatic carbocycles. The zero-order chi connectivity index (χ0) is 14.4. The molecule has 2 rings (SSSR count). The number of rotatable bonds is 4. The largest absolute Gasteiger partial charge is 0.445 e. The molecule has 1 fully saturated rings. The summed E-state index contributed by atoms with van der Waals surface area (Å²) in [6.07, 6.45) is 5.12. The molecule has 0 radical (unpaired) electrons. The summed E-state index contributed by atoms with van der Waals surface area (Å²) < 4.78 is 5.11. The molecule has 0 aliphatic heterocycles. The number of alkyl carbamates (subject to hydrolysis) is 1. The van der Waals surface area contributed by atoms with Gasteiger partial charge in [-0.15, -0.1) is 0 Å². The number of nitrogens with one attached hydrogen (secondary N) is 1. The summed E-state index contributed by atoms with van der Waals surface area (Å²) in [6, 6.07) is 6.20. The van der Waals surface area contributed by atoms with Crippen LogP contribution in [0.4, 0.5) is 10.5 Å². The van der Waals surface area contributed by atoms with E-state index in [4.69, 9.17) is 4.74 Å². The van der Waals surface area contributed by atoms with Crippen LogP contribution in [0.3, 0.4) is 0 Å². The molecule has 1 amide bonds. The fourth-order valence-electron chi connectivity index (χ4n) is 2.32. The van der Waals surface area contributed by atoms with Gasteiger partial charge in [0.05, 0.1) is 4.92 Å². The van der Waals surface area contributed by atoms with Crippen molar-refractivity contribution in [2.75, 3.05) is 0 Å². The summed E-state index contributed by atoms with van der Waals surface area (Å²) in [5, 5.41) is 13.4. The van der Waals surface area contributed by atoms with Crippen molar-refractivity contribution in [3.63, 3.8) is 0 Å². The summed E-state index contributed by atoms with van der Waals surface area (Å²) in [5.41, 5.74) is 0.759. The van der Waals surface area contributed by atoms with Crippen LogP contribution in [0.5, 0.6) is 0 Å². The first-order valence-corrected chi connectivity index (χ1v) is 6.82. The maximum atomic E-state index is 11.6. The number of carbonyl (C=O) groups is 1. The average molecular weight is 278 g/mol. The summed E-state index contributed by atoms with van der Waals surface area (Å²) in [5.74, 6) is 0.